The van der Waals surface area contributed by atoms with Crippen LogP contribution in [0.3, 0.4) is 0 Å². The van der Waals surface area contributed by atoms with Crippen LogP contribution in [0.5, 0.6) is 0 Å². The molecule has 0 bridgehead atoms. The van der Waals surface area contributed by atoms with Gasteiger partial charge in [0.15, 0.2) is 5.78 Å². The first-order chi connectivity index (χ1) is 10.1. The number of fused-ring (bicyclic) bond motifs is 1. The summed E-state index contributed by atoms with van der Waals surface area (Å²) in [5, 5.41) is 2.91. The van der Waals surface area contributed by atoms with Gasteiger partial charge in [0.2, 0.25) is 5.91 Å². The molecule has 1 atom stereocenters. The number of rotatable bonds is 3. The summed E-state index contributed by atoms with van der Waals surface area (Å²) < 4.78 is 2.09. The highest BCUT2D eigenvalue weighted by Gasteiger charge is 2.25. The number of hydrogen-bond acceptors (Lipinski definition) is 3. The van der Waals surface area contributed by atoms with Crippen LogP contribution in [0.4, 0.5) is 5.69 Å². The quantitative estimate of drug-likeness (QED) is 0.879. The molecule has 21 heavy (non-hydrogen) atoms. The predicted molar refractivity (Wildman–Crippen MR) is 79.1 cm³/mol. The monoisotopic (exact) mass is 283 g/mol. The molecule has 1 aliphatic rings. The second-order valence-electron chi connectivity index (χ2n) is 5.35. The molecule has 3 rings (SSSR count). The molecule has 1 amide bonds. The standard InChI is InChI=1S/C16H17N3O2/c1-11(20)12-2-4-14(5-3-12)18-16(21)13-6-8-19-9-7-17-15(19)10-13/h2-5,7,9,13H,6,8,10H2,1H3,(H,18,21). The van der Waals surface area contributed by atoms with E-state index in [4.69, 9.17) is 0 Å². The van der Waals surface area contributed by atoms with E-state index in [0.717, 1.165) is 24.5 Å². The topological polar surface area (TPSA) is 64.0 Å². The number of imidazole rings is 1. The summed E-state index contributed by atoms with van der Waals surface area (Å²) in [7, 11) is 0. The van der Waals surface area contributed by atoms with Crippen LogP contribution in [0, 0.1) is 5.92 Å². The highest BCUT2D eigenvalue weighted by Crippen LogP contribution is 2.21. The Balaban J connectivity index is 1.65. The van der Waals surface area contributed by atoms with Gasteiger partial charge in [-0.25, -0.2) is 4.98 Å². The molecular weight excluding hydrogens is 266 g/mol. The van der Waals surface area contributed by atoms with Crippen LogP contribution in [0.15, 0.2) is 36.7 Å². The maximum Gasteiger partial charge on any atom is 0.228 e. The minimum absolute atomic E-state index is 0.0137. The predicted octanol–water partition coefficient (Wildman–Crippen LogP) is 2.29. The van der Waals surface area contributed by atoms with E-state index in [1.165, 1.54) is 6.92 Å². The lowest BCUT2D eigenvalue weighted by Gasteiger charge is -2.22. The first kappa shape index (κ1) is 13.5. The second-order valence-corrected chi connectivity index (χ2v) is 5.35. The third-order valence-electron chi connectivity index (χ3n) is 3.88. The highest BCUT2D eigenvalue weighted by atomic mass is 16.2. The van der Waals surface area contributed by atoms with Crippen molar-refractivity contribution in [1.82, 2.24) is 9.55 Å². The van der Waals surface area contributed by atoms with E-state index in [0.29, 0.717) is 12.0 Å². The van der Waals surface area contributed by atoms with E-state index in [2.05, 4.69) is 14.9 Å². The largest absolute Gasteiger partial charge is 0.335 e. The molecule has 1 aromatic heterocycles. The van der Waals surface area contributed by atoms with Crippen molar-refractivity contribution in [2.75, 3.05) is 5.32 Å². The van der Waals surface area contributed by atoms with Gasteiger partial charge in [0.25, 0.3) is 0 Å². The third-order valence-corrected chi connectivity index (χ3v) is 3.88. The van der Waals surface area contributed by atoms with Gasteiger partial charge >= 0.3 is 0 Å². The Hall–Kier alpha value is -2.43. The van der Waals surface area contributed by atoms with E-state index in [1.54, 1.807) is 30.5 Å². The Labute approximate surface area is 123 Å². The van der Waals surface area contributed by atoms with Crippen LogP contribution in [-0.4, -0.2) is 21.2 Å². The van der Waals surface area contributed by atoms with Crippen molar-refractivity contribution in [1.29, 1.82) is 0 Å². The molecular formula is C16H17N3O2. The van der Waals surface area contributed by atoms with Gasteiger partial charge in [-0.1, -0.05) is 0 Å². The van der Waals surface area contributed by atoms with Crippen molar-refractivity contribution in [3.63, 3.8) is 0 Å². The number of nitrogens with zero attached hydrogens (tertiary/aromatic N) is 2. The molecule has 1 N–H and O–H groups in total. The number of hydrogen-bond donors (Lipinski definition) is 1. The van der Waals surface area contributed by atoms with Crippen molar-refractivity contribution >= 4 is 17.4 Å². The number of amides is 1. The average Bonchev–Trinajstić information content (AvgIpc) is 2.95. The molecule has 2 aromatic rings. The Bertz CT molecular complexity index is 673. The maximum absolute atomic E-state index is 12.3. The minimum atomic E-state index is -0.0487. The van der Waals surface area contributed by atoms with Crippen LogP contribution in [-0.2, 0) is 17.8 Å². The van der Waals surface area contributed by atoms with Crippen molar-refractivity contribution in [2.24, 2.45) is 5.92 Å². The first-order valence-electron chi connectivity index (χ1n) is 7.05. The summed E-state index contributed by atoms with van der Waals surface area (Å²) in [5.41, 5.74) is 1.37. The van der Waals surface area contributed by atoms with Gasteiger partial charge in [0.1, 0.15) is 5.82 Å². The summed E-state index contributed by atoms with van der Waals surface area (Å²) in [6, 6.07) is 6.98. The number of carbonyl (C=O) groups excluding carboxylic acids is 2. The molecule has 1 aliphatic heterocycles. The van der Waals surface area contributed by atoms with Crippen molar-refractivity contribution in [3.05, 3.63) is 48.0 Å². The number of ketones is 1. The number of nitrogens with one attached hydrogen (secondary N) is 1. The summed E-state index contributed by atoms with van der Waals surface area (Å²) in [6.45, 7) is 2.36. The van der Waals surface area contributed by atoms with E-state index in [1.807, 2.05) is 6.20 Å². The van der Waals surface area contributed by atoms with Crippen LogP contribution < -0.4 is 5.32 Å². The molecule has 0 saturated carbocycles. The zero-order chi connectivity index (χ0) is 14.8. The number of benzene rings is 1. The second kappa shape index (κ2) is 5.52. The third kappa shape index (κ3) is 2.86. The lowest BCUT2D eigenvalue weighted by atomic mass is 9.97. The molecule has 5 nitrogen and oxygen atoms in total. The zero-order valence-corrected chi connectivity index (χ0v) is 11.9. The van der Waals surface area contributed by atoms with Crippen LogP contribution in [0.1, 0.15) is 29.5 Å². The highest BCUT2D eigenvalue weighted by molar-refractivity contribution is 5.96. The number of anilines is 1. The number of carbonyl (C=O) groups is 2. The number of aryl methyl sites for hydroxylation is 1. The van der Waals surface area contributed by atoms with E-state index < -0.39 is 0 Å². The molecule has 0 saturated heterocycles. The maximum atomic E-state index is 12.3. The fourth-order valence-electron chi connectivity index (χ4n) is 2.61. The van der Waals surface area contributed by atoms with Crippen LogP contribution >= 0.6 is 0 Å². The summed E-state index contributed by atoms with van der Waals surface area (Å²) in [4.78, 5) is 27.8. The molecule has 0 aliphatic carbocycles. The van der Waals surface area contributed by atoms with Crippen LogP contribution in [0.25, 0.3) is 0 Å². The first-order valence-corrected chi connectivity index (χ1v) is 7.05. The molecule has 0 radical (unpaired) electrons. The van der Waals surface area contributed by atoms with E-state index in [9.17, 15) is 9.59 Å². The summed E-state index contributed by atoms with van der Waals surface area (Å²) >= 11 is 0. The average molecular weight is 283 g/mol. The number of Topliss-reactive ketones (excluding diaryl/α,β-unsaturated/α-hetero) is 1. The molecule has 1 aromatic carbocycles. The fourth-order valence-corrected chi connectivity index (χ4v) is 2.61. The molecule has 0 spiro atoms. The van der Waals surface area contributed by atoms with Gasteiger partial charge in [0, 0.05) is 42.5 Å². The molecule has 1 unspecified atom stereocenters. The Kier molecular flexibility index (Phi) is 3.56. The normalized spacial score (nSPS) is 17.1. The molecule has 2 heterocycles. The smallest absolute Gasteiger partial charge is 0.228 e. The zero-order valence-electron chi connectivity index (χ0n) is 11.9. The fraction of sp³-hybridized carbons (Fsp3) is 0.312. The van der Waals surface area contributed by atoms with Crippen molar-refractivity contribution in [2.45, 2.75) is 26.3 Å². The van der Waals surface area contributed by atoms with Crippen LogP contribution in [0.2, 0.25) is 0 Å². The van der Waals surface area contributed by atoms with Gasteiger partial charge in [-0.3, -0.25) is 9.59 Å². The summed E-state index contributed by atoms with van der Waals surface area (Å²) in [6.07, 6.45) is 5.21. The van der Waals surface area contributed by atoms with Gasteiger partial charge < -0.3 is 9.88 Å². The van der Waals surface area contributed by atoms with Gasteiger partial charge in [-0.15, -0.1) is 0 Å². The Morgan fingerprint density at radius 3 is 2.76 bits per heavy atom. The van der Waals surface area contributed by atoms with E-state index in [-0.39, 0.29) is 17.6 Å². The van der Waals surface area contributed by atoms with Gasteiger partial charge in [0.05, 0.1) is 0 Å². The Morgan fingerprint density at radius 2 is 2.05 bits per heavy atom. The van der Waals surface area contributed by atoms with Crippen molar-refractivity contribution < 1.29 is 9.59 Å². The molecule has 5 heteroatoms. The number of aromatic nitrogens is 2. The molecule has 108 valence electrons. The lowest BCUT2D eigenvalue weighted by Crippen LogP contribution is -2.30. The van der Waals surface area contributed by atoms with E-state index >= 15 is 0 Å². The molecule has 0 fully saturated rings. The Morgan fingerprint density at radius 1 is 1.29 bits per heavy atom. The van der Waals surface area contributed by atoms with Gasteiger partial charge in [-0.2, -0.15) is 0 Å². The van der Waals surface area contributed by atoms with Gasteiger partial charge in [-0.05, 0) is 37.6 Å². The minimum Gasteiger partial charge on any atom is -0.335 e. The SMILES string of the molecule is CC(=O)c1ccc(NC(=O)C2CCn3ccnc3C2)cc1. The van der Waals surface area contributed by atoms with Crippen molar-refractivity contribution in [3.8, 4) is 0 Å². The lowest BCUT2D eigenvalue weighted by molar-refractivity contribution is -0.120. The summed E-state index contributed by atoms with van der Waals surface area (Å²) in [5.74, 6) is 0.951.